The van der Waals surface area contributed by atoms with Gasteiger partial charge in [0.1, 0.15) is 16.7 Å². The van der Waals surface area contributed by atoms with Crippen molar-refractivity contribution in [3.63, 3.8) is 0 Å². The molecule has 0 unspecified atom stereocenters. The maximum Gasteiger partial charge on any atom is 0.326 e. The van der Waals surface area contributed by atoms with E-state index in [0.29, 0.717) is 5.75 Å². The minimum Gasteiger partial charge on any atom is -0.439 e. The van der Waals surface area contributed by atoms with Crippen molar-refractivity contribution in [2.24, 2.45) is 0 Å². The molecule has 0 spiro atoms. The summed E-state index contributed by atoms with van der Waals surface area (Å²) in [5, 5.41) is 21.4. The zero-order valence-corrected chi connectivity index (χ0v) is 14.1. The Hall–Kier alpha value is -3.79. The maximum absolute atomic E-state index is 10.7. The molecule has 0 bridgehead atoms. The average Bonchev–Trinajstić information content (AvgIpc) is 2.62. The predicted octanol–water partition coefficient (Wildman–Crippen LogP) is 4.53. The second kappa shape index (κ2) is 7.62. The Bertz CT molecular complexity index is 917. The lowest BCUT2D eigenvalue weighted by atomic mass is 10.3. The van der Waals surface area contributed by atoms with Gasteiger partial charge in [-0.05, 0) is 24.3 Å². The third-order valence-corrected chi connectivity index (χ3v) is 3.37. The van der Waals surface area contributed by atoms with Crippen LogP contribution in [0.2, 0.25) is 5.15 Å². The average molecular weight is 389 g/mol. The van der Waals surface area contributed by atoms with Crippen LogP contribution < -0.4 is 9.47 Å². The van der Waals surface area contributed by atoms with Gasteiger partial charge >= 0.3 is 6.01 Å². The van der Waals surface area contributed by atoms with Gasteiger partial charge in [-0.1, -0.05) is 11.6 Å². The van der Waals surface area contributed by atoms with Crippen molar-refractivity contribution in [2.75, 3.05) is 0 Å². The predicted molar refractivity (Wildman–Crippen MR) is 93.4 cm³/mol. The Balaban J connectivity index is 1.77. The van der Waals surface area contributed by atoms with Crippen molar-refractivity contribution in [3.8, 4) is 23.4 Å². The fourth-order valence-corrected chi connectivity index (χ4v) is 2.14. The van der Waals surface area contributed by atoms with E-state index in [4.69, 9.17) is 21.1 Å². The molecule has 136 valence electrons. The Morgan fingerprint density at radius 3 is 1.74 bits per heavy atom. The van der Waals surface area contributed by atoms with E-state index < -0.39 is 9.85 Å². The highest BCUT2D eigenvalue weighted by Crippen LogP contribution is 2.28. The van der Waals surface area contributed by atoms with Gasteiger partial charge in [0.05, 0.1) is 9.85 Å². The number of halogens is 1. The quantitative estimate of drug-likeness (QED) is 0.342. The van der Waals surface area contributed by atoms with Crippen molar-refractivity contribution in [2.45, 2.75) is 0 Å². The number of nitro benzene ring substituents is 2. The van der Waals surface area contributed by atoms with Gasteiger partial charge < -0.3 is 9.47 Å². The van der Waals surface area contributed by atoms with Gasteiger partial charge in [0.2, 0.25) is 5.88 Å². The minimum absolute atomic E-state index is 0.0406. The zero-order valence-electron chi connectivity index (χ0n) is 13.3. The molecule has 1 heterocycles. The standard InChI is InChI=1S/C16H9ClN4O6/c17-14-9-15(26-12-5-1-10(2-6-12)20(22)23)19-16(18-14)27-13-7-3-11(4-8-13)21(24)25/h1-9H. The molecule has 0 radical (unpaired) electrons. The van der Waals surface area contributed by atoms with E-state index >= 15 is 0 Å². The first kappa shape index (κ1) is 18.0. The van der Waals surface area contributed by atoms with Crippen molar-refractivity contribution in [3.05, 3.63) is 80.0 Å². The first-order valence-electron chi connectivity index (χ1n) is 7.30. The number of non-ortho nitro benzene ring substituents is 2. The highest BCUT2D eigenvalue weighted by molar-refractivity contribution is 6.29. The summed E-state index contributed by atoms with van der Waals surface area (Å²) in [5.74, 6) is 0.626. The van der Waals surface area contributed by atoms with Crippen LogP contribution in [0, 0.1) is 20.2 Å². The molecule has 0 fully saturated rings. The molecule has 0 N–H and O–H groups in total. The molecule has 3 aromatic rings. The van der Waals surface area contributed by atoms with Gasteiger partial charge in [-0.15, -0.1) is 0 Å². The van der Waals surface area contributed by atoms with E-state index in [0.717, 1.165) is 0 Å². The SMILES string of the molecule is O=[N+]([O-])c1ccc(Oc2cc(Cl)nc(Oc3ccc([N+](=O)[O-])cc3)n2)cc1. The lowest BCUT2D eigenvalue weighted by molar-refractivity contribution is -0.385. The molecule has 0 saturated carbocycles. The highest BCUT2D eigenvalue weighted by atomic mass is 35.5. The van der Waals surface area contributed by atoms with Crippen LogP contribution in [0.1, 0.15) is 0 Å². The summed E-state index contributed by atoms with van der Waals surface area (Å²) < 4.78 is 10.9. The molecule has 0 atom stereocenters. The van der Waals surface area contributed by atoms with Crippen LogP contribution in [0.5, 0.6) is 23.4 Å². The van der Waals surface area contributed by atoms with E-state index in [1.54, 1.807) is 0 Å². The monoisotopic (exact) mass is 388 g/mol. The summed E-state index contributed by atoms with van der Waals surface area (Å²) in [6.45, 7) is 0. The van der Waals surface area contributed by atoms with Crippen molar-refractivity contribution in [1.29, 1.82) is 0 Å². The topological polar surface area (TPSA) is 131 Å². The van der Waals surface area contributed by atoms with Gasteiger partial charge in [-0.3, -0.25) is 20.2 Å². The van der Waals surface area contributed by atoms with E-state index in [2.05, 4.69) is 9.97 Å². The molecule has 0 aliphatic heterocycles. The van der Waals surface area contributed by atoms with Crippen molar-refractivity contribution >= 4 is 23.0 Å². The van der Waals surface area contributed by atoms with Crippen molar-refractivity contribution < 1.29 is 19.3 Å². The van der Waals surface area contributed by atoms with E-state index in [1.807, 2.05) is 0 Å². The first-order chi connectivity index (χ1) is 12.9. The molecule has 0 aliphatic rings. The third-order valence-electron chi connectivity index (χ3n) is 3.18. The van der Waals surface area contributed by atoms with E-state index in [-0.39, 0.29) is 34.2 Å². The molecule has 2 aromatic carbocycles. The second-order valence-electron chi connectivity index (χ2n) is 5.02. The number of nitro groups is 2. The summed E-state index contributed by atoms with van der Waals surface area (Å²) in [6.07, 6.45) is 0. The summed E-state index contributed by atoms with van der Waals surface area (Å²) in [6, 6.07) is 11.9. The zero-order chi connectivity index (χ0) is 19.4. The van der Waals surface area contributed by atoms with Gasteiger partial charge in [0, 0.05) is 30.3 Å². The molecule has 1 aromatic heterocycles. The second-order valence-corrected chi connectivity index (χ2v) is 5.40. The Morgan fingerprint density at radius 2 is 1.26 bits per heavy atom. The Kier molecular flexibility index (Phi) is 5.08. The largest absolute Gasteiger partial charge is 0.439 e. The molecular weight excluding hydrogens is 380 g/mol. The molecule has 10 nitrogen and oxygen atoms in total. The minimum atomic E-state index is -0.532. The normalized spacial score (nSPS) is 10.3. The number of hydrogen-bond acceptors (Lipinski definition) is 8. The molecule has 27 heavy (non-hydrogen) atoms. The van der Waals surface area contributed by atoms with Gasteiger partial charge in [-0.2, -0.15) is 9.97 Å². The van der Waals surface area contributed by atoms with Crippen LogP contribution in [-0.2, 0) is 0 Å². The van der Waals surface area contributed by atoms with Gasteiger partial charge in [-0.25, -0.2) is 0 Å². The Morgan fingerprint density at radius 1 is 0.778 bits per heavy atom. The summed E-state index contributed by atoms with van der Waals surface area (Å²) in [4.78, 5) is 28.2. The number of ether oxygens (including phenoxy) is 2. The lowest BCUT2D eigenvalue weighted by Crippen LogP contribution is -1.96. The van der Waals surface area contributed by atoms with Crippen LogP contribution in [0.25, 0.3) is 0 Å². The third kappa shape index (κ3) is 4.64. The fraction of sp³-hybridized carbons (Fsp3) is 0. The molecular formula is C16H9ClN4O6. The first-order valence-corrected chi connectivity index (χ1v) is 7.68. The highest BCUT2D eigenvalue weighted by Gasteiger charge is 2.11. The van der Waals surface area contributed by atoms with Crippen molar-refractivity contribution in [1.82, 2.24) is 9.97 Å². The molecule has 0 amide bonds. The van der Waals surface area contributed by atoms with Crippen LogP contribution in [0.4, 0.5) is 11.4 Å². The number of rotatable bonds is 6. The summed E-state index contributed by atoms with van der Waals surface area (Å²) >= 11 is 5.93. The fourth-order valence-electron chi connectivity index (χ4n) is 1.97. The number of aromatic nitrogens is 2. The molecule has 0 saturated heterocycles. The number of nitrogens with zero attached hydrogens (tertiary/aromatic N) is 4. The maximum atomic E-state index is 10.7. The summed E-state index contributed by atoms with van der Waals surface area (Å²) in [7, 11) is 0. The smallest absolute Gasteiger partial charge is 0.326 e. The van der Waals surface area contributed by atoms with Gasteiger partial charge in [0.15, 0.2) is 0 Å². The Labute approximate surface area is 156 Å². The molecule has 3 rings (SSSR count). The number of benzene rings is 2. The summed E-state index contributed by atoms with van der Waals surface area (Å²) in [5.41, 5.74) is -0.165. The molecule has 0 aliphatic carbocycles. The van der Waals surface area contributed by atoms with Crippen LogP contribution in [-0.4, -0.2) is 19.8 Å². The van der Waals surface area contributed by atoms with Crippen LogP contribution in [0.15, 0.2) is 54.6 Å². The van der Waals surface area contributed by atoms with Crippen LogP contribution in [0.3, 0.4) is 0 Å². The van der Waals surface area contributed by atoms with E-state index in [1.165, 1.54) is 54.6 Å². The van der Waals surface area contributed by atoms with Crippen LogP contribution >= 0.6 is 11.6 Å². The van der Waals surface area contributed by atoms with Gasteiger partial charge in [0.25, 0.3) is 11.4 Å². The lowest BCUT2D eigenvalue weighted by Gasteiger charge is -2.08. The molecule has 11 heteroatoms. The van der Waals surface area contributed by atoms with E-state index in [9.17, 15) is 20.2 Å². The number of hydrogen-bond donors (Lipinski definition) is 0.